The number of alkyl halides is 1. The van der Waals surface area contributed by atoms with Crippen LogP contribution >= 0.6 is 0 Å². The Hall–Kier alpha value is -1.05. The molecule has 0 unspecified atom stereocenters. The maximum absolute atomic E-state index is 12.8. The lowest BCUT2D eigenvalue weighted by molar-refractivity contribution is -0.231. The van der Waals surface area contributed by atoms with Crippen molar-refractivity contribution in [1.29, 1.82) is 0 Å². The Labute approximate surface area is 128 Å². The summed E-state index contributed by atoms with van der Waals surface area (Å²) in [6.45, 7) is 2.99. The Morgan fingerprint density at radius 3 is 2.68 bits per heavy atom. The molecule has 1 aromatic carbocycles. The van der Waals surface area contributed by atoms with Gasteiger partial charge in [-0.05, 0) is 19.4 Å². The topological polar surface area (TPSA) is 57.2 Å². The van der Waals surface area contributed by atoms with Crippen LogP contribution < -0.4 is 0 Å². The fourth-order valence-corrected chi connectivity index (χ4v) is 2.86. The molecule has 0 radical (unpaired) electrons. The first-order valence-electron chi connectivity index (χ1n) is 7.41. The summed E-state index contributed by atoms with van der Waals surface area (Å²) in [4.78, 5) is 0. The molecule has 2 heterocycles. The summed E-state index contributed by atoms with van der Waals surface area (Å²) in [5.74, 6) is -0.782. The van der Waals surface area contributed by atoms with Crippen molar-refractivity contribution in [3.63, 3.8) is 0 Å². The molecule has 2 aliphatic rings. The number of aliphatic hydroxyl groups excluding tert-OH is 1. The second-order valence-corrected chi connectivity index (χ2v) is 6.05. The van der Waals surface area contributed by atoms with Gasteiger partial charge in [0.25, 0.3) is 0 Å². The van der Waals surface area contributed by atoms with Gasteiger partial charge < -0.3 is 24.1 Å². The Kier molecular flexibility index (Phi) is 4.47. The first-order chi connectivity index (χ1) is 10.5. The SMILES string of the molecule is CC1(C)O[C@H]2O[C@H]([C@H](O)CF)[C@H](OCc3ccccc3)[C@H]2O1. The molecule has 0 bridgehead atoms. The quantitative estimate of drug-likeness (QED) is 0.898. The van der Waals surface area contributed by atoms with Crippen LogP contribution in [0.3, 0.4) is 0 Å². The van der Waals surface area contributed by atoms with Gasteiger partial charge in [-0.15, -0.1) is 0 Å². The highest BCUT2D eigenvalue weighted by Gasteiger charge is 2.57. The zero-order valence-corrected chi connectivity index (χ0v) is 12.6. The Balaban J connectivity index is 1.71. The fourth-order valence-electron chi connectivity index (χ4n) is 2.86. The van der Waals surface area contributed by atoms with Crippen molar-refractivity contribution in [3.8, 4) is 0 Å². The van der Waals surface area contributed by atoms with Crippen LogP contribution in [0.15, 0.2) is 30.3 Å². The van der Waals surface area contributed by atoms with E-state index in [0.29, 0.717) is 6.61 Å². The lowest BCUT2D eigenvalue weighted by Crippen LogP contribution is -2.43. The van der Waals surface area contributed by atoms with E-state index in [1.165, 1.54) is 0 Å². The summed E-state index contributed by atoms with van der Waals surface area (Å²) in [6, 6.07) is 9.62. The van der Waals surface area contributed by atoms with E-state index in [9.17, 15) is 9.50 Å². The molecular weight excluding hydrogens is 291 g/mol. The first-order valence-corrected chi connectivity index (χ1v) is 7.41. The Morgan fingerprint density at radius 1 is 1.27 bits per heavy atom. The second-order valence-electron chi connectivity index (χ2n) is 6.05. The van der Waals surface area contributed by atoms with Crippen molar-refractivity contribution in [3.05, 3.63) is 35.9 Å². The molecule has 0 amide bonds. The van der Waals surface area contributed by atoms with Gasteiger partial charge in [0.15, 0.2) is 12.1 Å². The molecule has 2 fully saturated rings. The van der Waals surface area contributed by atoms with Gasteiger partial charge in [-0.1, -0.05) is 30.3 Å². The van der Waals surface area contributed by atoms with E-state index in [1.54, 1.807) is 13.8 Å². The van der Waals surface area contributed by atoms with Crippen LogP contribution in [-0.4, -0.2) is 48.3 Å². The lowest BCUT2D eigenvalue weighted by atomic mass is 10.1. The monoisotopic (exact) mass is 312 g/mol. The molecule has 0 spiro atoms. The standard InChI is InChI=1S/C16H21FO5/c1-16(2)21-14-13(19-9-10-6-4-3-5-7-10)12(11(18)8-17)20-15(14)22-16/h3-7,11-15,18H,8-9H2,1-2H3/t11-,12-,13+,14-,15-/m1/s1. The Morgan fingerprint density at radius 2 is 2.00 bits per heavy atom. The minimum absolute atomic E-state index is 0.331. The van der Waals surface area contributed by atoms with Crippen molar-refractivity contribution in [2.45, 2.75) is 56.9 Å². The normalized spacial score (nSPS) is 34.5. The van der Waals surface area contributed by atoms with Crippen LogP contribution in [0.25, 0.3) is 0 Å². The molecule has 5 nitrogen and oxygen atoms in total. The zero-order chi connectivity index (χ0) is 15.7. The molecular formula is C16H21FO5. The zero-order valence-electron chi connectivity index (χ0n) is 12.6. The summed E-state index contributed by atoms with van der Waals surface area (Å²) in [5.41, 5.74) is 0.984. The van der Waals surface area contributed by atoms with Gasteiger partial charge in [0, 0.05) is 0 Å². The number of hydrogen-bond acceptors (Lipinski definition) is 5. The van der Waals surface area contributed by atoms with Crippen LogP contribution in [0.1, 0.15) is 19.4 Å². The summed E-state index contributed by atoms with van der Waals surface area (Å²) < 4.78 is 35.7. The lowest BCUT2D eigenvalue weighted by Gasteiger charge is -2.27. The molecule has 0 saturated carbocycles. The van der Waals surface area contributed by atoms with E-state index in [2.05, 4.69) is 0 Å². The molecule has 1 aromatic rings. The third-order valence-electron chi connectivity index (χ3n) is 3.85. The third kappa shape index (κ3) is 3.16. The second kappa shape index (κ2) is 6.22. The van der Waals surface area contributed by atoms with E-state index < -0.39 is 43.2 Å². The average molecular weight is 312 g/mol. The molecule has 22 heavy (non-hydrogen) atoms. The largest absolute Gasteiger partial charge is 0.388 e. The van der Waals surface area contributed by atoms with Gasteiger partial charge in [0.05, 0.1) is 6.61 Å². The fraction of sp³-hybridized carbons (Fsp3) is 0.625. The van der Waals surface area contributed by atoms with E-state index in [0.717, 1.165) is 5.56 Å². The number of ether oxygens (including phenoxy) is 4. The third-order valence-corrected chi connectivity index (χ3v) is 3.85. The predicted molar refractivity (Wildman–Crippen MR) is 75.7 cm³/mol. The summed E-state index contributed by atoms with van der Waals surface area (Å²) in [7, 11) is 0. The first kappa shape index (κ1) is 15.8. The van der Waals surface area contributed by atoms with E-state index >= 15 is 0 Å². The van der Waals surface area contributed by atoms with Crippen LogP contribution in [0.2, 0.25) is 0 Å². The molecule has 5 atom stereocenters. The number of hydrogen-bond donors (Lipinski definition) is 1. The van der Waals surface area contributed by atoms with Crippen molar-refractivity contribution < 1.29 is 28.4 Å². The summed E-state index contributed by atoms with van der Waals surface area (Å²) >= 11 is 0. The minimum Gasteiger partial charge on any atom is -0.388 e. The number of rotatable bonds is 5. The van der Waals surface area contributed by atoms with Gasteiger partial charge in [-0.25, -0.2) is 4.39 Å². The van der Waals surface area contributed by atoms with Crippen molar-refractivity contribution in [1.82, 2.24) is 0 Å². The van der Waals surface area contributed by atoms with E-state index in [-0.39, 0.29) is 0 Å². The van der Waals surface area contributed by atoms with Crippen LogP contribution in [0, 0.1) is 0 Å². The number of fused-ring (bicyclic) bond motifs is 1. The number of benzene rings is 1. The van der Waals surface area contributed by atoms with Crippen molar-refractivity contribution >= 4 is 0 Å². The maximum atomic E-state index is 12.8. The Bertz CT molecular complexity index is 495. The molecule has 2 aliphatic heterocycles. The smallest absolute Gasteiger partial charge is 0.190 e. The van der Waals surface area contributed by atoms with Crippen LogP contribution in [0.4, 0.5) is 4.39 Å². The van der Waals surface area contributed by atoms with Gasteiger partial charge >= 0.3 is 0 Å². The van der Waals surface area contributed by atoms with Gasteiger partial charge in [-0.3, -0.25) is 0 Å². The number of aliphatic hydroxyl groups is 1. The van der Waals surface area contributed by atoms with Crippen molar-refractivity contribution in [2.75, 3.05) is 6.67 Å². The van der Waals surface area contributed by atoms with Gasteiger partial charge in [0.1, 0.15) is 31.1 Å². The molecule has 6 heteroatoms. The summed E-state index contributed by atoms with van der Waals surface area (Å²) in [6.07, 6.45) is -3.79. The molecule has 0 aliphatic carbocycles. The van der Waals surface area contributed by atoms with Crippen LogP contribution in [0.5, 0.6) is 0 Å². The van der Waals surface area contributed by atoms with Gasteiger partial charge in [0.2, 0.25) is 0 Å². The maximum Gasteiger partial charge on any atom is 0.190 e. The van der Waals surface area contributed by atoms with Crippen molar-refractivity contribution in [2.24, 2.45) is 0 Å². The molecule has 122 valence electrons. The molecule has 0 aromatic heterocycles. The highest BCUT2D eigenvalue weighted by molar-refractivity contribution is 5.13. The van der Waals surface area contributed by atoms with Crippen LogP contribution in [-0.2, 0) is 25.6 Å². The molecule has 2 saturated heterocycles. The highest BCUT2D eigenvalue weighted by Crippen LogP contribution is 2.39. The highest BCUT2D eigenvalue weighted by atomic mass is 19.1. The minimum atomic E-state index is -1.26. The van der Waals surface area contributed by atoms with Gasteiger partial charge in [-0.2, -0.15) is 0 Å². The van der Waals surface area contributed by atoms with E-state index in [1.807, 2.05) is 30.3 Å². The molecule has 1 N–H and O–H groups in total. The van der Waals surface area contributed by atoms with E-state index in [4.69, 9.17) is 18.9 Å². The molecule has 3 rings (SSSR count). The average Bonchev–Trinajstić information content (AvgIpc) is 2.97. The summed E-state index contributed by atoms with van der Waals surface area (Å²) in [5, 5.41) is 9.82. The number of halogens is 1. The predicted octanol–water partition coefficient (Wildman–Crippen LogP) is 1.78.